The molecule has 0 aliphatic heterocycles. The molecule has 0 spiro atoms. The van der Waals surface area contributed by atoms with Crippen LogP contribution in [0.1, 0.15) is 11.5 Å². The summed E-state index contributed by atoms with van der Waals surface area (Å²) < 4.78 is 46.5. The van der Waals surface area contributed by atoms with Crippen molar-refractivity contribution in [2.24, 2.45) is 0 Å². The molecule has 5 aromatic rings. The lowest BCUT2D eigenvalue weighted by atomic mass is 10.1. The maximum atomic E-state index is 12.9. The van der Waals surface area contributed by atoms with E-state index < -0.39 is 17.3 Å². The van der Waals surface area contributed by atoms with Gasteiger partial charge in [-0.2, -0.15) is 22.8 Å². The van der Waals surface area contributed by atoms with Crippen LogP contribution in [-0.2, 0) is 12.7 Å². The molecule has 9 nitrogen and oxygen atoms in total. The van der Waals surface area contributed by atoms with E-state index in [0.29, 0.717) is 10.7 Å². The van der Waals surface area contributed by atoms with Crippen LogP contribution in [0.2, 0.25) is 5.02 Å². The van der Waals surface area contributed by atoms with Crippen LogP contribution in [0.15, 0.2) is 64.2 Å². The van der Waals surface area contributed by atoms with Gasteiger partial charge >= 0.3 is 6.18 Å². The molecule has 0 aliphatic carbocycles. The lowest BCUT2D eigenvalue weighted by Gasteiger charge is -2.06. The molecule has 33 heavy (non-hydrogen) atoms. The van der Waals surface area contributed by atoms with Crippen molar-refractivity contribution in [3.63, 3.8) is 0 Å². The number of alkyl halides is 3. The Morgan fingerprint density at radius 2 is 1.91 bits per heavy atom. The highest BCUT2D eigenvalue weighted by atomic mass is 35.5. The van der Waals surface area contributed by atoms with Crippen molar-refractivity contribution in [3.05, 3.63) is 81.7 Å². The van der Waals surface area contributed by atoms with Crippen LogP contribution in [0.4, 0.5) is 13.2 Å². The van der Waals surface area contributed by atoms with Gasteiger partial charge in [0.15, 0.2) is 11.2 Å². The minimum atomic E-state index is -4.50. The molecular weight excluding hydrogens is 463 g/mol. The van der Waals surface area contributed by atoms with Gasteiger partial charge in [0.05, 0.1) is 11.3 Å². The average Bonchev–Trinajstić information content (AvgIpc) is 3.43. The second-order valence-electron chi connectivity index (χ2n) is 6.92. The van der Waals surface area contributed by atoms with E-state index >= 15 is 0 Å². The average molecular weight is 474 g/mol. The maximum Gasteiger partial charge on any atom is 0.416 e. The number of benzene rings is 2. The fraction of sp³-hybridized carbons (Fsp3) is 0.100. The fourth-order valence-corrected chi connectivity index (χ4v) is 3.34. The molecule has 0 fully saturated rings. The molecule has 3 aromatic heterocycles. The molecule has 0 unspecified atom stereocenters. The molecule has 3 heterocycles. The molecule has 2 aromatic carbocycles. The molecule has 166 valence electrons. The van der Waals surface area contributed by atoms with Crippen molar-refractivity contribution in [1.82, 2.24) is 34.7 Å². The Morgan fingerprint density at radius 3 is 2.70 bits per heavy atom. The molecular formula is C20H11ClF3N7O2. The predicted molar refractivity (Wildman–Crippen MR) is 110 cm³/mol. The first-order valence-corrected chi connectivity index (χ1v) is 9.74. The summed E-state index contributed by atoms with van der Waals surface area (Å²) in [6.45, 7) is -0.155. The Kier molecular flexibility index (Phi) is 4.93. The Hall–Kier alpha value is -4.06. The van der Waals surface area contributed by atoms with E-state index in [9.17, 15) is 18.0 Å². The first-order chi connectivity index (χ1) is 15.8. The molecule has 0 bridgehead atoms. The molecule has 0 atom stereocenters. The Balaban J connectivity index is 1.45. The van der Waals surface area contributed by atoms with Gasteiger partial charge < -0.3 is 4.52 Å². The first kappa shape index (κ1) is 20.8. The second-order valence-corrected chi connectivity index (χ2v) is 7.36. The number of aromatic nitrogens is 7. The van der Waals surface area contributed by atoms with Crippen molar-refractivity contribution in [2.75, 3.05) is 0 Å². The highest BCUT2D eigenvalue weighted by Crippen LogP contribution is 2.31. The van der Waals surface area contributed by atoms with Crippen molar-refractivity contribution in [1.29, 1.82) is 0 Å². The molecule has 0 aliphatic rings. The quantitative estimate of drug-likeness (QED) is 0.391. The summed E-state index contributed by atoms with van der Waals surface area (Å²) in [6.07, 6.45) is -3.23. The molecule has 0 N–H and O–H groups in total. The zero-order valence-corrected chi connectivity index (χ0v) is 17.1. The van der Waals surface area contributed by atoms with Gasteiger partial charge in [-0.05, 0) is 30.3 Å². The van der Waals surface area contributed by atoms with E-state index in [-0.39, 0.29) is 35.0 Å². The summed E-state index contributed by atoms with van der Waals surface area (Å²) >= 11 is 6.01. The molecule has 0 radical (unpaired) electrons. The summed E-state index contributed by atoms with van der Waals surface area (Å²) in [7, 11) is 0. The van der Waals surface area contributed by atoms with Gasteiger partial charge in [-0.3, -0.25) is 9.36 Å². The third kappa shape index (κ3) is 3.96. The Bertz CT molecular complexity index is 1540. The minimum absolute atomic E-state index is 0.00731. The Morgan fingerprint density at radius 1 is 1.09 bits per heavy atom. The van der Waals surface area contributed by atoms with E-state index in [0.717, 1.165) is 12.1 Å². The third-order valence-electron chi connectivity index (χ3n) is 4.70. The van der Waals surface area contributed by atoms with Crippen LogP contribution in [0.5, 0.6) is 0 Å². The maximum absolute atomic E-state index is 12.9. The van der Waals surface area contributed by atoms with Gasteiger partial charge in [-0.25, -0.2) is 4.98 Å². The monoisotopic (exact) mass is 473 g/mol. The standard InChI is InChI=1S/C20H11ClF3N7O2/c21-13-5-2-6-14(8-13)31-18-16(27-29-31)19(32)30(10-25-18)9-15-26-17(28-33-15)11-3-1-4-12(7-11)20(22,23)24/h1-8,10H,9H2. The van der Waals surface area contributed by atoms with E-state index in [1.807, 2.05) is 0 Å². The van der Waals surface area contributed by atoms with E-state index in [4.69, 9.17) is 16.1 Å². The summed E-state index contributed by atoms with van der Waals surface area (Å²) in [6, 6.07) is 11.4. The lowest BCUT2D eigenvalue weighted by Crippen LogP contribution is -2.21. The number of halogens is 4. The molecule has 0 saturated heterocycles. The van der Waals surface area contributed by atoms with Gasteiger partial charge in [0.1, 0.15) is 12.9 Å². The lowest BCUT2D eigenvalue weighted by molar-refractivity contribution is -0.137. The summed E-state index contributed by atoms with van der Waals surface area (Å²) in [5, 5.41) is 12.1. The zero-order valence-electron chi connectivity index (χ0n) is 16.4. The molecule has 0 amide bonds. The van der Waals surface area contributed by atoms with Crippen LogP contribution >= 0.6 is 11.6 Å². The zero-order chi connectivity index (χ0) is 23.2. The van der Waals surface area contributed by atoms with Gasteiger partial charge in [0.25, 0.3) is 5.56 Å². The fourth-order valence-electron chi connectivity index (χ4n) is 3.16. The highest BCUT2D eigenvalue weighted by molar-refractivity contribution is 6.30. The van der Waals surface area contributed by atoms with Gasteiger partial charge in [0.2, 0.25) is 11.7 Å². The van der Waals surface area contributed by atoms with Gasteiger partial charge in [0, 0.05) is 10.6 Å². The molecule has 13 heteroatoms. The van der Waals surface area contributed by atoms with E-state index in [2.05, 4.69) is 25.4 Å². The van der Waals surface area contributed by atoms with Crippen LogP contribution in [-0.4, -0.2) is 34.7 Å². The number of rotatable bonds is 4. The second kappa shape index (κ2) is 7.81. The smallest absolute Gasteiger partial charge is 0.337 e. The number of fused-ring (bicyclic) bond motifs is 1. The summed E-state index contributed by atoms with van der Waals surface area (Å²) in [5.41, 5.74) is -0.390. The minimum Gasteiger partial charge on any atom is -0.337 e. The van der Waals surface area contributed by atoms with Crippen LogP contribution in [0.3, 0.4) is 0 Å². The molecule has 5 rings (SSSR count). The topological polar surface area (TPSA) is 105 Å². The Labute approximate surface area is 187 Å². The normalized spacial score (nSPS) is 11.9. The van der Waals surface area contributed by atoms with Crippen molar-refractivity contribution in [2.45, 2.75) is 12.7 Å². The summed E-state index contributed by atoms with van der Waals surface area (Å²) in [4.78, 5) is 21.2. The van der Waals surface area contributed by atoms with Gasteiger partial charge in [-0.15, -0.1) is 5.10 Å². The van der Waals surface area contributed by atoms with Crippen molar-refractivity contribution in [3.8, 4) is 17.1 Å². The SMILES string of the molecule is O=c1c2nnn(-c3cccc(Cl)c3)c2ncn1Cc1nc(-c2cccc(C(F)(F)F)c2)no1. The number of nitrogens with zero attached hydrogens (tertiary/aromatic N) is 7. The van der Waals surface area contributed by atoms with Crippen LogP contribution in [0, 0.1) is 0 Å². The third-order valence-corrected chi connectivity index (χ3v) is 4.94. The number of hydrogen-bond acceptors (Lipinski definition) is 7. The summed E-state index contributed by atoms with van der Waals surface area (Å²) in [5.74, 6) is -0.0296. The van der Waals surface area contributed by atoms with Crippen LogP contribution < -0.4 is 5.56 Å². The highest BCUT2D eigenvalue weighted by Gasteiger charge is 2.30. The molecule has 0 saturated carbocycles. The van der Waals surface area contributed by atoms with E-state index in [1.165, 1.54) is 27.7 Å². The van der Waals surface area contributed by atoms with Crippen LogP contribution in [0.25, 0.3) is 28.2 Å². The van der Waals surface area contributed by atoms with Gasteiger partial charge in [-0.1, -0.05) is 40.2 Å². The van der Waals surface area contributed by atoms with E-state index in [1.54, 1.807) is 24.3 Å². The predicted octanol–water partition coefficient (Wildman–Crippen LogP) is 3.75. The largest absolute Gasteiger partial charge is 0.416 e. The number of hydrogen-bond donors (Lipinski definition) is 0. The first-order valence-electron chi connectivity index (χ1n) is 9.36. The van der Waals surface area contributed by atoms with Crippen molar-refractivity contribution >= 4 is 22.8 Å². The van der Waals surface area contributed by atoms with Crippen molar-refractivity contribution < 1.29 is 17.7 Å².